The Labute approximate surface area is 158 Å². The van der Waals surface area contributed by atoms with Crippen molar-refractivity contribution in [3.05, 3.63) is 65.4 Å². The highest BCUT2D eigenvalue weighted by molar-refractivity contribution is 7.04. The van der Waals surface area contributed by atoms with Crippen LogP contribution >= 0.6 is 11.5 Å². The Morgan fingerprint density at radius 1 is 1.15 bits per heavy atom. The summed E-state index contributed by atoms with van der Waals surface area (Å²) >= 11 is 1.10. The first-order chi connectivity index (χ1) is 13.1. The topological polar surface area (TPSA) is 128 Å². The Bertz CT molecular complexity index is 959. The van der Waals surface area contributed by atoms with Crippen LogP contribution in [0.1, 0.15) is 15.9 Å². The molecule has 3 N–H and O–H groups in total. The molecule has 136 valence electrons. The van der Waals surface area contributed by atoms with Crippen molar-refractivity contribution in [3.8, 4) is 11.4 Å². The summed E-state index contributed by atoms with van der Waals surface area (Å²) in [5.41, 5.74) is 7.03. The van der Waals surface area contributed by atoms with E-state index < -0.39 is 23.6 Å². The molecule has 3 heterocycles. The summed E-state index contributed by atoms with van der Waals surface area (Å²) in [5, 5.41) is 4.15. The summed E-state index contributed by atoms with van der Waals surface area (Å²) in [6.07, 6.45) is 4.83. The van der Waals surface area contributed by atoms with Crippen LogP contribution in [0.3, 0.4) is 0 Å². The number of nitrogens with one attached hydrogen (secondary N) is 1. The summed E-state index contributed by atoms with van der Waals surface area (Å²) < 4.78 is 4.21. The van der Waals surface area contributed by atoms with E-state index in [2.05, 4.69) is 19.7 Å². The van der Waals surface area contributed by atoms with Crippen molar-refractivity contribution in [2.75, 3.05) is 0 Å². The van der Waals surface area contributed by atoms with Crippen LogP contribution in [0.2, 0.25) is 0 Å². The fraction of sp³-hybridized carbons (Fsp3) is 0.111. The molecule has 0 radical (unpaired) electrons. The van der Waals surface area contributed by atoms with Gasteiger partial charge in [0, 0.05) is 30.4 Å². The number of hydrogen-bond acceptors (Lipinski definition) is 7. The normalized spacial score (nSPS) is 11.6. The van der Waals surface area contributed by atoms with Gasteiger partial charge in [0.05, 0.1) is 11.3 Å². The standard InChI is InChI=1S/C18H15N5O3S/c19-17(25)16(24)14(8-11-4-3-6-20-9-11)22-18(26)12-10-27-23-15(12)13-5-1-2-7-21-13/h1-7,9-10,14H,8H2,(H2,19,25)(H,22,26). The molecular formula is C18H15N5O3S. The lowest BCUT2D eigenvalue weighted by Crippen LogP contribution is -2.47. The molecule has 0 spiro atoms. The average molecular weight is 381 g/mol. The second-order valence-corrected chi connectivity index (χ2v) is 6.24. The number of carbonyl (C=O) groups is 3. The van der Waals surface area contributed by atoms with E-state index in [0.717, 1.165) is 11.5 Å². The van der Waals surface area contributed by atoms with Gasteiger partial charge in [0.25, 0.3) is 11.8 Å². The van der Waals surface area contributed by atoms with E-state index in [1.807, 2.05) is 0 Å². The Balaban J connectivity index is 1.84. The van der Waals surface area contributed by atoms with Crippen LogP contribution in [0, 0.1) is 0 Å². The van der Waals surface area contributed by atoms with Crippen molar-refractivity contribution >= 4 is 29.1 Å². The first-order valence-electron chi connectivity index (χ1n) is 7.95. The molecule has 0 aliphatic rings. The Morgan fingerprint density at radius 3 is 2.67 bits per heavy atom. The average Bonchev–Trinajstić information content (AvgIpc) is 3.18. The van der Waals surface area contributed by atoms with Gasteiger partial charge in [-0.25, -0.2) is 0 Å². The van der Waals surface area contributed by atoms with Crippen LogP contribution < -0.4 is 11.1 Å². The summed E-state index contributed by atoms with van der Waals surface area (Å²) in [6, 6.07) is 7.61. The lowest BCUT2D eigenvalue weighted by atomic mass is 10.0. The number of rotatable bonds is 7. The maximum atomic E-state index is 12.7. The van der Waals surface area contributed by atoms with Crippen molar-refractivity contribution in [2.24, 2.45) is 5.73 Å². The summed E-state index contributed by atoms with van der Waals surface area (Å²) in [5.74, 6) is -2.53. The molecule has 0 aromatic carbocycles. The molecule has 3 aromatic heterocycles. The van der Waals surface area contributed by atoms with Crippen molar-refractivity contribution in [1.82, 2.24) is 19.7 Å². The number of ketones is 1. The van der Waals surface area contributed by atoms with Crippen molar-refractivity contribution in [1.29, 1.82) is 0 Å². The molecule has 1 unspecified atom stereocenters. The van der Waals surface area contributed by atoms with Crippen molar-refractivity contribution in [2.45, 2.75) is 12.5 Å². The molecule has 0 saturated heterocycles. The molecule has 0 fully saturated rings. The largest absolute Gasteiger partial charge is 0.363 e. The van der Waals surface area contributed by atoms with Gasteiger partial charge >= 0.3 is 0 Å². The number of Topliss-reactive ketones (excluding diaryl/α,β-unsaturated/α-hetero) is 1. The Morgan fingerprint density at radius 2 is 2.00 bits per heavy atom. The monoisotopic (exact) mass is 381 g/mol. The van der Waals surface area contributed by atoms with Gasteiger partial charge in [-0.3, -0.25) is 24.4 Å². The molecule has 27 heavy (non-hydrogen) atoms. The number of nitrogens with zero attached hydrogens (tertiary/aromatic N) is 3. The van der Waals surface area contributed by atoms with Crippen LogP contribution in [0.4, 0.5) is 0 Å². The van der Waals surface area contributed by atoms with E-state index in [1.54, 1.807) is 54.3 Å². The number of carbonyl (C=O) groups excluding carboxylic acids is 3. The highest BCUT2D eigenvalue weighted by Crippen LogP contribution is 2.22. The zero-order valence-electron chi connectivity index (χ0n) is 14.0. The van der Waals surface area contributed by atoms with E-state index in [0.29, 0.717) is 17.0 Å². The number of nitrogens with two attached hydrogens (primary N) is 1. The van der Waals surface area contributed by atoms with Gasteiger partial charge in [0.2, 0.25) is 5.78 Å². The van der Waals surface area contributed by atoms with Crippen LogP contribution in [0.25, 0.3) is 11.4 Å². The lowest BCUT2D eigenvalue weighted by molar-refractivity contribution is -0.137. The van der Waals surface area contributed by atoms with E-state index in [1.165, 1.54) is 0 Å². The number of aromatic nitrogens is 3. The molecule has 8 nitrogen and oxygen atoms in total. The molecule has 0 aliphatic carbocycles. The van der Waals surface area contributed by atoms with Gasteiger partial charge < -0.3 is 11.1 Å². The minimum atomic E-state index is -1.11. The van der Waals surface area contributed by atoms with Crippen molar-refractivity contribution in [3.63, 3.8) is 0 Å². The summed E-state index contributed by atoms with van der Waals surface area (Å²) in [7, 11) is 0. The molecule has 3 rings (SSSR count). The zero-order chi connectivity index (χ0) is 19.2. The predicted octanol–water partition coefficient (Wildman–Crippen LogP) is 0.996. The van der Waals surface area contributed by atoms with Gasteiger partial charge in [0.1, 0.15) is 11.7 Å². The predicted molar refractivity (Wildman–Crippen MR) is 98.7 cm³/mol. The Hall–Kier alpha value is -3.46. The molecule has 0 bridgehead atoms. The van der Waals surface area contributed by atoms with Gasteiger partial charge in [-0.15, -0.1) is 0 Å². The number of primary amides is 1. The second-order valence-electron chi connectivity index (χ2n) is 5.61. The smallest absolute Gasteiger partial charge is 0.287 e. The van der Waals surface area contributed by atoms with E-state index in [4.69, 9.17) is 5.73 Å². The third-order valence-corrected chi connectivity index (χ3v) is 4.38. The van der Waals surface area contributed by atoms with Crippen molar-refractivity contribution < 1.29 is 14.4 Å². The van der Waals surface area contributed by atoms with Crippen LogP contribution in [0.15, 0.2) is 54.3 Å². The molecule has 2 amide bonds. The maximum absolute atomic E-state index is 12.7. The highest BCUT2D eigenvalue weighted by Gasteiger charge is 2.27. The minimum Gasteiger partial charge on any atom is -0.363 e. The minimum absolute atomic E-state index is 0.0951. The van der Waals surface area contributed by atoms with E-state index >= 15 is 0 Å². The van der Waals surface area contributed by atoms with E-state index in [9.17, 15) is 14.4 Å². The molecule has 0 aliphatic heterocycles. The van der Waals surface area contributed by atoms with Gasteiger partial charge in [0.15, 0.2) is 0 Å². The molecule has 3 aromatic rings. The number of amides is 2. The van der Waals surface area contributed by atoms with Crippen LogP contribution in [-0.4, -0.2) is 38.0 Å². The molecule has 9 heteroatoms. The molecule has 1 atom stereocenters. The quantitative estimate of drug-likeness (QED) is 0.588. The Kier molecular flexibility index (Phi) is 5.62. The van der Waals surface area contributed by atoms with Gasteiger partial charge in [-0.05, 0) is 35.3 Å². The van der Waals surface area contributed by atoms with Crippen LogP contribution in [-0.2, 0) is 16.0 Å². The highest BCUT2D eigenvalue weighted by atomic mass is 32.1. The molecular weight excluding hydrogens is 366 g/mol. The summed E-state index contributed by atoms with van der Waals surface area (Å²) in [6.45, 7) is 0. The maximum Gasteiger partial charge on any atom is 0.287 e. The zero-order valence-corrected chi connectivity index (χ0v) is 14.8. The second kappa shape index (κ2) is 8.28. The fourth-order valence-corrected chi connectivity index (χ4v) is 3.13. The lowest BCUT2D eigenvalue weighted by Gasteiger charge is -2.16. The SMILES string of the molecule is NC(=O)C(=O)C(Cc1cccnc1)NC(=O)c1csnc1-c1ccccn1. The molecule has 0 saturated carbocycles. The third kappa shape index (κ3) is 4.39. The third-order valence-electron chi connectivity index (χ3n) is 3.75. The van der Waals surface area contributed by atoms with Gasteiger partial charge in [-0.2, -0.15) is 4.37 Å². The fourth-order valence-electron chi connectivity index (χ4n) is 2.46. The number of hydrogen-bond donors (Lipinski definition) is 2. The first-order valence-corrected chi connectivity index (χ1v) is 8.79. The van der Waals surface area contributed by atoms with E-state index in [-0.39, 0.29) is 12.0 Å². The first kappa shape index (κ1) is 18.3. The number of pyridine rings is 2. The van der Waals surface area contributed by atoms with Crippen LogP contribution in [0.5, 0.6) is 0 Å². The summed E-state index contributed by atoms with van der Waals surface area (Å²) in [4.78, 5) is 44.4. The van der Waals surface area contributed by atoms with Gasteiger partial charge in [-0.1, -0.05) is 12.1 Å².